The standard InChI is InChI=1S/C16H25N3O2/c1-3-10-19(12-14-6-4-5-8-17-14)15-11-13(7-9-18-15)16(20)21-2/h7,9,11,14,17H,3-6,8,10,12H2,1-2H3. The number of hydrogen-bond donors (Lipinski definition) is 1. The number of aromatic nitrogens is 1. The number of rotatable bonds is 6. The number of carbonyl (C=O) groups excluding carboxylic acids is 1. The molecule has 1 unspecified atom stereocenters. The SMILES string of the molecule is CCCN(CC1CCCCN1)c1cc(C(=O)OC)ccn1. The van der Waals surface area contributed by atoms with Gasteiger partial charge in [-0.25, -0.2) is 9.78 Å². The van der Waals surface area contributed by atoms with Gasteiger partial charge in [-0.05, 0) is 37.9 Å². The Morgan fingerprint density at radius 2 is 2.38 bits per heavy atom. The Morgan fingerprint density at radius 1 is 1.52 bits per heavy atom. The van der Waals surface area contributed by atoms with E-state index in [0.29, 0.717) is 11.6 Å². The van der Waals surface area contributed by atoms with E-state index in [1.165, 1.54) is 26.4 Å². The van der Waals surface area contributed by atoms with Crippen LogP contribution in [0.25, 0.3) is 0 Å². The summed E-state index contributed by atoms with van der Waals surface area (Å²) in [6, 6.07) is 4.02. The monoisotopic (exact) mass is 291 g/mol. The van der Waals surface area contributed by atoms with Gasteiger partial charge in [0.2, 0.25) is 0 Å². The Bertz CT molecular complexity index is 459. The average Bonchev–Trinajstić information content (AvgIpc) is 2.55. The molecule has 5 heteroatoms. The predicted octanol–water partition coefficient (Wildman–Crippen LogP) is 2.23. The van der Waals surface area contributed by atoms with Crippen molar-refractivity contribution in [2.24, 2.45) is 0 Å². The summed E-state index contributed by atoms with van der Waals surface area (Å²) < 4.78 is 4.78. The Hall–Kier alpha value is -1.62. The van der Waals surface area contributed by atoms with Gasteiger partial charge in [0.15, 0.2) is 0 Å². The first kappa shape index (κ1) is 15.8. The molecule has 1 aliphatic rings. The fourth-order valence-corrected chi connectivity index (χ4v) is 2.75. The van der Waals surface area contributed by atoms with Gasteiger partial charge >= 0.3 is 5.97 Å². The molecule has 1 aromatic rings. The van der Waals surface area contributed by atoms with Crippen molar-refractivity contribution in [3.63, 3.8) is 0 Å². The van der Waals surface area contributed by atoms with E-state index >= 15 is 0 Å². The molecule has 5 nitrogen and oxygen atoms in total. The van der Waals surface area contributed by atoms with Crippen molar-refractivity contribution in [1.29, 1.82) is 0 Å². The topological polar surface area (TPSA) is 54.5 Å². The Kier molecular flexibility index (Phi) is 5.99. The quantitative estimate of drug-likeness (QED) is 0.815. The lowest BCUT2D eigenvalue weighted by Gasteiger charge is -2.31. The molecule has 1 fully saturated rings. The van der Waals surface area contributed by atoms with Crippen LogP contribution in [-0.4, -0.2) is 43.7 Å². The van der Waals surface area contributed by atoms with Crippen LogP contribution in [-0.2, 0) is 4.74 Å². The summed E-state index contributed by atoms with van der Waals surface area (Å²) >= 11 is 0. The van der Waals surface area contributed by atoms with Gasteiger partial charge in [-0.1, -0.05) is 13.3 Å². The van der Waals surface area contributed by atoms with Crippen LogP contribution in [0.3, 0.4) is 0 Å². The third-order valence-electron chi connectivity index (χ3n) is 3.84. The molecule has 1 atom stereocenters. The van der Waals surface area contributed by atoms with E-state index in [0.717, 1.165) is 31.9 Å². The molecule has 0 amide bonds. The predicted molar refractivity (Wildman–Crippen MR) is 83.7 cm³/mol. The van der Waals surface area contributed by atoms with E-state index < -0.39 is 0 Å². The van der Waals surface area contributed by atoms with Crippen molar-refractivity contribution in [3.05, 3.63) is 23.9 Å². The zero-order valence-electron chi connectivity index (χ0n) is 13.0. The van der Waals surface area contributed by atoms with E-state index in [1.807, 2.05) is 6.07 Å². The third-order valence-corrected chi connectivity index (χ3v) is 3.84. The van der Waals surface area contributed by atoms with Crippen LogP contribution >= 0.6 is 0 Å². The number of pyridine rings is 1. The maximum Gasteiger partial charge on any atom is 0.338 e. The summed E-state index contributed by atoms with van der Waals surface area (Å²) in [7, 11) is 1.40. The van der Waals surface area contributed by atoms with Crippen molar-refractivity contribution in [3.8, 4) is 0 Å². The van der Waals surface area contributed by atoms with Gasteiger partial charge in [0, 0.05) is 25.3 Å². The molecule has 1 N–H and O–H groups in total. The molecule has 2 rings (SSSR count). The minimum Gasteiger partial charge on any atom is -0.465 e. The number of ether oxygens (including phenoxy) is 1. The van der Waals surface area contributed by atoms with Crippen LogP contribution in [0.15, 0.2) is 18.3 Å². The molecule has 1 aromatic heterocycles. The van der Waals surface area contributed by atoms with Crippen LogP contribution in [0.2, 0.25) is 0 Å². The van der Waals surface area contributed by atoms with Crippen molar-refractivity contribution in [1.82, 2.24) is 10.3 Å². The van der Waals surface area contributed by atoms with Crippen LogP contribution in [0.5, 0.6) is 0 Å². The lowest BCUT2D eigenvalue weighted by Crippen LogP contribution is -2.44. The molecule has 0 radical (unpaired) electrons. The molecule has 1 saturated heterocycles. The van der Waals surface area contributed by atoms with Gasteiger partial charge in [0.1, 0.15) is 5.82 Å². The number of piperidine rings is 1. The minimum absolute atomic E-state index is 0.314. The molecule has 0 spiro atoms. The van der Waals surface area contributed by atoms with Gasteiger partial charge in [0.25, 0.3) is 0 Å². The second-order valence-electron chi connectivity index (χ2n) is 5.49. The number of nitrogens with one attached hydrogen (secondary N) is 1. The second kappa shape index (κ2) is 7.98. The van der Waals surface area contributed by atoms with Crippen molar-refractivity contribution in [2.75, 3.05) is 31.6 Å². The van der Waals surface area contributed by atoms with Crippen LogP contribution in [0.1, 0.15) is 43.0 Å². The molecule has 0 aliphatic carbocycles. The highest BCUT2D eigenvalue weighted by atomic mass is 16.5. The highest BCUT2D eigenvalue weighted by molar-refractivity contribution is 5.90. The highest BCUT2D eigenvalue weighted by Crippen LogP contribution is 2.17. The van der Waals surface area contributed by atoms with E-state index in [2.05, 4.69) is 22.1 Å². The molecular formula is C16H25N3O2. The first-order chi connectivity index (χ1) is 10.2. The van der Waals surface area contributed by atoms with Crippen molar-refractivity contribution in [2.45, 2.75) is 38.6 Å². The zero-order valence-corrected chi connectivity index (χ0v) is 13.0. The number of methoxy groups -OCH3 is 1. The number of carbonyl (C=O) groups is 1. The fraction of sp³-hybridized carbons (Fsp3) is 0.625. The number of esters is 1. The lowest BCUT2D eigenvalue weighted by molar-refractivity contribution is 0.0600. The van der Waals surface area contributed by atoms with Crippen molar-refractivity contribution >= 4 is 11.8 Å². The Morgan fingerprint density at radius 3 is 3.05 bits per heavy atom. The second-order valence-corrected chi connectivity index (χ2v) is 5.49. The summed E-state index contributed by atoms with van der Waals surface area (Å²) in [5.41, 5.74) is 0.556. The van der Waals surface area contributed by atoms with E-state index in [4.69, 9.17) is 4.74 Å². The maximum absolute atomic E-state index is 11.7. The van der Waals surface area contributed by atoms with E-state index in [1.54, 1.807) is 12.3 Å². The first-order valence-electron chi connectivity index (χ1n) is 7.77. The average molecular weight is 291 g/mol. The highest BCUT2D eigenvalue weighted by Gasteiger charge is 2.18. The van der Waals surface area contributed by atoms with Gasteiger partial charge < -0.3 is 15.0 Å². The summed E-state index contributed by atoms with van der Waals surface area (Å²) in [6.45, 7) is 5.13. The minimum atomic E-state index is -0.314. The Labute approximate surface area is 126 Å². The van der Waals surface area contributed by atoms with Crippen LogP contribution in [0, 0.1) is 0 Å². The summed E-state index contributed by atoms with van der Waals surface area (Å²) in [5.74, 6) is 0.540. The van der Waals surface area contributed by atoms with Crippen LogP contribution < -0.4 is 10.2 Å². The smallest absolute Gasteiger partial charge is 0.338 e. The molecule has 1 aliphatic heterocycles. The number of nitrogens with zero attached hydrogens (tertiary/aromatic N) is 2. The van der Waals surface area contributed by atoms with Gasteiger partial charge in [-0.2, -0.15) is 0 Å². The largest absolute Gasteiger partial charge is 0.465 e. The summed E-state index contributed by atoms with van der Waals surface area (Å²) in [6.07, 6.45) is 6.49. The van der Waals surface area contributed by atoms with Gasteiger partial charge in [-0.3, -0.25) is 0 Å². The Balaban J connectivity index is 2.10. The first-order valence-corrected chi connectivity index (χ1v) is 7.77. The molecule has 0 saturated carbocycles. The molecule has 2 heterocycles. The van der Waals surface area contributed by atoms with Gasteiger partial charge in [0.05, 0.1) is 12.7 Å². The van der Waals surface area contributed by atoms with E-state index in [-0.39, 0.29) is 5.97 Å². The fourth-order valence-electron chi connectivity index (χ4n) is 2.75. The van der Waals surface area contributed by atoms with Crippen molar-refractivity contribution < 1.29 is 9.53 Å². The molecule has 0 bridgehead atoms. The molecule has 21 heavy (non-hydrogen) atoms. The molecular weight excluding hydrogens is 266 g/mol. The third kappa shape index (κ3) is 4.43. The van der Waals surface area contributed by atoms with Gasteiger partial charge in [-0.15, -0.1) is 0 Å². The lowest BCUT2D eigenvalue weighted by atomic mass is 10.0. The van der Waals surface area contributed by atoms with E-state index in [9.17, 15) is 4.79 Å². The summed E-state index contributed by atoms with van der Waals surface area (Å²) in [5, 5.41) is 3.57. The van der Waals surface area contributed by atoms with Crippen LogP contribution in [0.4, 0.5) is 5.82 Å². The zero-order chi connectivity index (χ0) is 15.1. The normalized spacial score (nSPS) is 18.3. The molecule has 116 valence electrons. The number of anilines is 1. The maximum atomic E-state index is 11.7. The molecule has 0 aromatic carbocycles. The number of hydrogen-bond acceptors (Lipinski definition) is 5. The summed E-state index contributed by atoms with van der Waals surface area (Å²) in [4.78, 5) is 18.3.